The van der Waals surface area contributed by atoms with Crippen molar-refractivity contribution in [2.24, 2.45) is 0 Å². The van der Waals surface area contributed by atoms with Gasteiger partial charge in [0.1, 0.15) is 5.69 Å². The van der Waals surface area contributed by atoms with E-state index in [1.807, 2.05) is 12.1 Å². The molecule has 2 N–H and O–H groups in total. The first-order valence-electron chi connectivity index (χ1n) is 7.36. The number of likely N-dealkylation sites (tertiary alicyclic amines) is 1. The Morgan fingerprint density at radius 1 is 1.45 bits per heavy atom. The van der Waals surface area contributed by atoms with Crippen LogP contribution >= 0.6 is 0 Å². The van der Waals surface area contributed by atoms with Crippen LogP contribution in [0.4, 0.5) is 0 Å². The van der Waals surface area contributed by atoms with Crippen LogP contribution in [0.15, 0.2) is 12.1 Å². The Bertz CT molecular complexity index is 440. The van der Waals surface area contributed by atoms with Crippen molar-refractivity contribution >= 4 is 5.91 Å². The average molecular weight is 279 g/mol. The highest BCUT2D eigenvalue weighted by Gasteiger charge is 2.22. The first kappa shape index (κ1) is 15.1. The number of nitrogens with one attached hydrogen (secondary N) is 1. The molecule has 0 aromatic carbocycles. The van der Waals surface area contributed by atoms with Gasteiger partial charge in [-0.1, -0.05) is 6.42 Å². The summed E-state index contributed by atoms with van der Waals surface area (Å²) in [6, 6.07) is 4.30. The van der Waals surface area contributed by atoms with Gasteiger partial charge in [-0.3, -0.25) is 9.69 Å². The molecule has 20 heavy (non-hydrogen) atoms. The Labute approximate surface area is 120 Å². The van der Waals surface area contributed by atoms with E-state index in [4.69, 9.17) is 5.11 Å². The summed E-state index contributed by atoms with van der Waals surface area (Å²) >= 11 is 0. The number of amides is 1. The maximum Gasteiger partial charge on any atom is 0.269 e. The summed E-state index contributed by atoms with van der Waals surface area (Å²) in [5, 5.41) is 9.16. The van der Waals surface area contributed by atoms with E-state index in [0.29, 0.717) is 11.7 Å². The minimum atomic E-state index is 0.00167. The minimum Gasteiger partial charge on any atom is -0.396 e. The van der Waals surface area contributed by atoms with Crippen LogP contribution in [-0.4, -0.2) is 59.1 Å². The number of hydrogen-bond acceptors (Lipinski definition) is 3. The van der Waals surface area contributed by atoms with E-state index in [1.54, 1.807) is 19.0 Å². The second kappa shape index (κ2) is 6.90. The van der Waals surface area contributed by atoms with Crippen LogP contribution in [0.25, 0.3) is 0 Å². The van der Waals surface area contributed by atoms with Gasteiger partial charge in [0.05, 0.1) is 0 Å². The zero-order valence-corrected chi connectivity index (χ0v) is 12.4. The van der Waals surface area contributed by atoms with E-state index in [1.165, 1.54) is 12.8 Å². The van der Waals surface area contributed by atoms with Crippen LogP contribution < -0.4 is 0 Å². The summed E-state index contributed by atoms with van der Waals surface area (Å²) < 4.78 is 0. The summed E-state index contributed by atoms with van der Waals surface area (Å²) in [5.41, 5.74) is 1.71. The third kappa shape index (κ3) is 3.61. The topological polar surface area (TPSA) is 59.6 Å². The molecule has 1 unspecified atom stereocenters. The highest BCUT2D eigenvalue weighted by atomic mass is 16.3. The zero-order valence-electron chi connectivity index (χ0n) is 12.4. The van der Waals surface area contributed by atoms with E-state index in [0.717, 1.165) is 31.6 Å². The van der Waals surface area contributed by atoms with Crippen LogP contribution in [0, 0.1) is 0 Å². The number of hydrogen-bond donors (Lipinski definition) is 2. The Hall–Kier alpha value is -1.33. The molecule has 1 saturated heterocycles. The van der Waals surface area contributed by atoms with Crippen LogP contribution in [-0.2, 0) is 6.54 Å². The van der Waals surface area contributed by atoms with Gasteiger partial charge in [0, 0.05) is 39.0 Å². The molecule has 0 saturated carbocycles. The van der Waals surface area contributed by atoms with E-state index in [9.17, 15) is 4.79 Å². The van der Waals surface area contributed by atoms with Gasteiger partial charge in [-0.2, -0.15) is 0 Å². The predicted molar refractivity (Wildman–Crippen MR) is 78.6 cm³/mol. The summed E-state index contributed by atoms with van der Waals surface area (Å²) in [7, 11) is 3.51. The van der Waals surface area contributed by atoms with E-state index >= 15 is 0 Å². The van der Waals surface area contributed by atoms with Crippen molar-refractivity contribution in [2.75, 3.05) is 27.2 Å². The molecular weight excluding hydrogens is 254 g/mol. The van der Waals surface area contributed by atoms with Gasteiger partial charge in [-0.05, 0) is 37.9 Å². The van der Waals surface area contributed by atoms with E-state index < -0.39 is 0 Å². The molecule has 1 amide bonds. The van der Waals surface area contributed by atoms with Crippen LogP contribution in [0.3, 0.4) is 0 Å². The molecule has 5 nitrogen and oxygen atoms in total. The monoisotopic (exact) mass is 279 g/mol. The lowest BCUT2D eigenvalue weighted by Crippen LogP contribution is -2.39. The highest BCUT2D eigenvalue weighted by Crippen LogP contribution is 2.21. The van der Waals surface area contributed by atoms with Crippen LogP contribution in [0.2, 0.25) is 0 Å². The maximum absolute atomic E-state index is 11.9. The van der Waals surface area contributed by atoms with Gasteiger partial charge < -0.3 is 15.0 Å². The standard InChI is InChI=1S/C15H25N3O2/c1-17(2)15(20)14-7-6-12(16-14)11-18-9-4-3-5-13(18)8-10-19/h6-7,13,16,19H,3-5,8-11H2,1-2H3. The second-order valence-corrected chi connectivity index (χ2v) is 5.73. The fourth-order valence-corrected chi connectivity index (χ4v) is 2.86. The quantitative estimate of drug-likeness (QED) is 0.857. The molecule has 0 aliphatic carbocycles. The predicted octanol–water partition coefficient (Wildman–Crippen LogP) is 1.45. The molecule has 5 heteroatoms. The first-order valence-corrected chi connectivity index (χ1v) is 7.36. The van der Waals surface area contributed by atoms with Crippen molar-refractivity contribution in [2.45, 2.75) is 38.3 Å². The van der Waals surface area contributed by atoms with Crippen molar-refractivity contribution in [1.82, 2.24) is 14.8 Å². The van der Waals surface area contributed by atoms with E-state index in [-0.39, 0.29) is 12.5 Å². The lowest BCUT2D eigenvalue weighted by Gasteiger charge is -2.35. The average Bonchev–Trinajstić information content (AvgIpc) is 2.89. The fraction of sp³-hybridized carbons (Fsp3) is 0.667. The van der Waals surface area contributed by atoms with Crippen molar-refractivity contribution < 1.29 is 9.90 Å². The van der Waals surface area contributed by atoms with Gasteiger partial charge in [-0.15, -0.1) is 0 Å². The Kier molecular flexibility index (Phi) is 5.20. The SMILES string of the molecule is CN(C)C(=O)c1ccc(CN2CCCCC2CCO)[nH]1. The molecule has 2 heterocycles. The third-order valence-electron chi connectivity index (χ3n) is 3.97. The van der Waals surface area contributed by atoms with Crippen molar-refractivity contribution in [1.29, 1.82) is 0 Å². The minimum absolute atomic E-state index is 0.00167. The number of aromatic amines is 1. The summed E-state index contributed by atoms with van der Waals surface area (Å²) in [4.78, 5) is 19.1. The van der Waals surface area contributed by atoms with Crippen molar-refractivity contribution in [3.8, 4) is 0 Å². The van der Waals surface area contributed by atoms with Crippen molar-refractivity contribution in [3.63, 3.8) is 0 Å². The Morgan fingerprint density at radius 3 is 2.95 bits per heavy atom. The molecule has 112 valence electrons. The molecule has 0 bridgehead atoms. The lowest BCUT2D eigenvalue weighted by molar-refractivity contribution is 0.0822. The summed E-state index contributed by atoms with van der Waals surface area (Å²) in [6.07, 6.45) is 4.46. The number of carbonyl (C=O) groups is 1. The van der Waals surface area contributed by atoms with Gasteiger partial charge in [-0.25, -0.2) is 0 Å². The molecule has 2 rings (SSSR count). The van der Waals surface area contributed by atoms with Gasteiger partial charge >= 0.3 is 0 Å². The summed E-state index contributed by atoms with van der Waals surface area (Å²) in [5.74, 6) is 0.00167. The van der Waals surface area contributed by atoms with Crippen molar-refractivity contribution in [3.05, 3.63) is 23.5 Å². The number of carbonyl (C=O) groups excluding carboxylic acids is 1. The molecule has 0 radical (unpaired) electrons. The maximum atomic E-state index is 11.9. The molecule has 1 fully saturated rings. The molecular formula is C15H25N3O2. The first-order chi connectivity index (χ1) is 9.61. The van der Waals surface area contributed by atoms with Crippen LogP contribution in [0.5, 0.6) is 0 Å². The molecule has 0 spiro atoms. The highest BCUT2D eigenvalue weighted by molar-refractivity contribution is 5.92. The van der Waals surface area contributed by atoms with Gasteiger partial charge in [0.25, 0.3) is 5.91 Å². The second-order valence-electron chi connectivity index (χ2n) is 5.73. The number of aliphatic hydroxyl groups excluding tert-OH is 1. The fourth-order valence-electron chi connectivity index (χ4n) is 2.86. The Balaban J connectivity index is 2.00. The molecule has 1 atom stereocenters. The van der Waals surface area contributed by atoms with Gasteiger partial charge in [0.15, 0.2) is 0 Å². The molecule has 1 aromatic rings. The number of piperidine rings is 1. The Morgan fingerprint density at radius 2 is 2.25 bits per heavy atom. The number of H-pyrrole nitrogens is 1. The third-order valence-corrected chi connectivity index (χ3v) is 3.97. The lowest BCUT2D eigenvalue weighted by atomic mass is 9.99. The zero-order chi connectivity index (χ0) is 14.5. The number of aliphatic hydroxyl groups is 1. The largest absolute Gasteiger partial charge is 0.396 e. The molecule has 1 aliphatic rings. The number of rotatable bonds is 5. The van der Waals surface area contributed by atoms with Crippen LogP contribution in [0.1, 0.15) is 41.9 Å². The number of nitrogens with zero attached hydrogens (tertiary/aromatic N) is 2. The number of aromatic nitrogens is 1. The molecule has 1 aromatic heterocycles. The smallest absolute Gasteiger partial charge is 0.269 e. The van der Waals surface area contributed by atoms with Gasteiger partial charge in [0.2, 0.25) is 0 Å². The normalized spacial score (nSPS) is 20.1. The molecule has 1 aliphatic heterocycles. The van der Waals surface area contributed by atoms with E-state index in [2.05, 4.69) is 9.88 Å². The summed E-state index contributed by atoms with van der Waals surface area (Å²) in [6.45, 7) is 2.14.